The number of para-hydroxylation sites is 3. The van der Waals surface area contributed by atoms with Crippen molar-refractivity contribution < 1.29 is 18.7 Å². The highest BCUT2D eigenvalue weighted by molar-refractivity contribution is 6.32. The van der Waals surface area contributed by atoms with Crippen molar-refractivity contribution in [3.63, 3.8) is 0 Å². The van der Waals surface area contributed by atoms with Gasteiger partial charge in [-0.25, -0.2) is 9.78 Å². The Morgan fingerprint density at radius 2 is 1.92 bits per heavy atom. The molecule has 0 N–H and O–H groups in total. The van der Waals surface area contributed by atoms with Crippen LogP contribution in [0.2, 0.25) is 5.02 Å². The Hall–Kier alpha value is -2.79. The number of fused-ring (bicyclic) bond motifs is 1. The zero-order valence-corrected chi connectivity index (χ0v) is 13.4. The number of halogens is 1. The summed E-state index contributed by atoms with van der Waals surface area (Å²) in [4.78, 5) is 15.9. The molecule has 0 atom stereocenters. The van der Waals surface area contributed by atoms with Gasteiger partial charge in [-0.2, -0.15) is 0 Å². The van der Waals surface area contributed by atoms with Gasteiger partial charge in [0, 0.05) is 12.2 Å². The van der Waals surface area contributed by atoms with E-state index in [0.717, 1.165) is 5.52 Å². The zero-order chi connectivity index (χ0) is 16.8. The zero-order valence-electron chi connectivity index (χ0n) is 12.6. The highest BCUT2D eigenvalue weighted by atomic mass is 35.5. The Morgan fingerprint density at radius 1 is 1.12 bits per heavy atom. The topological polar surface area (TPSA) is 61.6 Å². The minimum Gasteiger partial charge on any atom is -0.488 e. The molecule has 3 rings (SSSR count). The van der Waals surface area contributed by atoms with E-state index in [2.05, 4.69) is 4.98 Å². The lowest BCUT2D eigenvalue weighted by atomic mass is 10.3. The maximum atomic E-state index is 11.6. The molecule has 0 radical (unpaired) electrons. The molecule has 1 heterocycles. The minimum atomic E-state index is -0.500. The van der Waals surface area contributed by atoms with Crippen LogP contribution >= 0.6 is 11.6 Å². The Kier molecular flexibility index (Phi) is 5.13. The van der Waals surface area contributed by atoms with Crippen LogP contribution in [-0.2, 0) is 9.53 Å². The van der Waals surface area contributed by atoms with E-state index in [1.807, 2.05) is 36.4 Å². The average Bonchev–Trinajstić information content (AvgIpc) is 3.01. The van der Waals surface area contributed by atoms with Crippen LogP contribution in [0.15, 0.2) is 59.0 Å². The van der Waals surface area contributed by atoms with E-state index in [4.69, 9.17) is 25.5 Å². The quantitative estimate of drug-likeness (QED) is 0.383. The van der Waals surface area contributed by atoms with Gasteiger partial charge in [-0.1, -0.05) is 35.9 Å². The lowest BCUT2D eigenvalue weighted by molar-refractivity contribution is -0.138. The smallest absolute Gasteiger partial charge is 0.331 e. The third-order valence-corrected chi connectivity index (χ3v) is 3.41. The molecule has 6 heteroatoms. The summed E-state index contributed by atoms with van der Waals surface area (Å²) in [5.74, 6) is 0.401. The van der Waals surface area contributed by atoms with Crippen molar-refractivity contribution >= 4 is 34.7 Å². The Balaban J connectivity index is 1.46. The first-order chi connectivity index (χ1) is 11.7. The van der Waals surface area contributed by atoms with Gasteiger partial charge in [0.15, 0.2) is 5.58 Å². The number of carbonyl (C=O) groups excluding carboxylic acids is 1. The summed E-state index contributed by atoms with van der Waals surface area (Å²) in [5.41, 5.74) is 1.40. The molecule has 0 spiro atoms. The van der Waals surface area contributed by atoms with Crippen LogP contribution in [0.5, 0.6) is 5.75 Å². The monoisotopic (exact) mass is 343 g/mol. The molecule has 0 saturated heterocycles. The third kappa shape index (κ3) is 4.14. The van der Waals surface area contributed by atoms with Gasteiger partial charge in [0.05, 0.1) is 5.02 Å². The SMILES string of the molecule is O=C(/C=C/c1nc2ccccc2o1)OCCOc1ccccc1Cl. The van der Waals surface area contributed by atoms with E-state index < -0.39 is 5.97 Å². The number of nitrogens with zero attached hydrogens (tertiary/aromatic N) is 1. The van der Waals surface area contributed by atoms with E-state index in [1.54, 1.807) is 12.1 Å². The fourth-order valence-electron chi connectivity index (χ4n) is 2.00. The van der Waals surface area contributed by atoms with E-state index in [0.29, 0.717) is 22.2 Å². The highest BCUT2D eigenvalue weighted by Crippen LogP contribution is 2.22. The van der Waals surface area contributed by atoms with Crippen LogP contribution in [0.4, 0.5) is 0 Å². The van der Waals surface area contributed by atoms with Crippen LogP contribution in [-0.4, -0.2) is 24.2 Å². The standard InChI is InChI=1S/C18H14ClNO4/c19-13-5-1-3-7-15(13)22-11-12-23-18(21)10-9-17-20-14-6-2-4-8-16(14)24-17/h1-10H,11-12H2/b10-9+. The number of hydrogen-bond donors (Lipinski definition) is 0. The van der Waals surface area contributed by atoms with Crippen molar-refractivity contribution in [1.82, 2.24) is 4.98 Å². The lowest BCUT2D eigenvalue weighted by Gasteiger charge is -2.07. The largest absolute Gasteiger partial charge is 0.488 e. The molecular weight excluding hydrogens is 330 g/mol. The Morgan fingerprint density at radius 3 is 2.75 bits per heavy atom. The molecule has 1 aromatic heterocycles. The first-order valence-electron chi connectivity index (χ1n) is 7.30. The number of esters is 1. The van der Waals surface area contributed by atoms with Crippen molar-refractivity contribution in [3.05, 3.63) is 65.5 Å². The second-order valence-electron chi connectivity index (χ2n) is 4.80. The van der Waals surface area contributed by atoms with Crippen LogP contribution < -0.4 is 4.74 Å². The van der Waals surface area contributed by atoms with Gasteiger partial charge < -0.3 is 13.9 Å². The van der Waals surface area contributed by atoms with Gasteiger partial charge in [0.1, 0.15) is 24.5 Å². The van der Waals surface area contributed by atoms with Crippen LogP contribution in [0, 0.1) is 0 Å². The van der Waals surface area contributed by atoms with Crippen molar-refractivity contribution in [2.45, 2.75) is 0 Å². The van der Waals surface area contributed by atoms with Crippen molar-refractivity contribution in [1.29, 1.82) is 0 Å². The molecule has 0 unspecified atom stereocenters. The fourth-order valence-corrected chi connectivity index (χ4v) is 2.19. The van der Waals surface area contributed by atoms with Gasteiger partial charge in [0.25, 0.3) is 0 Å². The van der Waals surface area contributed by atoms with Gasteiger partial charge >= 0.3 is 5.97 Å². The van der Waals surface area contributed by atoms with Gasteiger partial charge in [-0.3, -0.25) is 0 Å². The van der Waals surface area contributed by atoms with Gasteiger partial charge in [-0.05, 0) is 24.3 Å². The van der Waals surface area contributed by atoms with Crippen LogP contribution in [0.25, 0.3) is 17.2 Å². The highest BCUT2D eigenvalue weighted by Gasteiger charge is 2.04. The average molecular weight is 344 g/mol. The normalized spacial score (nSPS) is 11.0. The number of hydrogen-bond acceptors (Lipinski definition) is 5. The molecule has 0 aliphatic heterocycles. The summed E-state index contributed by atoms with van der Waals surface area (Å²) in [6.07, 6.45) is 2.73. The number of carbonyl (C=O) groups is 1. The van der Waals surface area contributed by atoms with E-state index in [1.165, 1.54) is 12.2 Å². The second-order valence-corrected chi connectivity index (χ2v) is 5.21. The van der Waals surface area contributed by atoms with Gasteiger partial charge in [0.2, 0.25) is 5.89 Å². The summed E-state index contributed by atoms with van der Waals surface area (Å²) in [6.45, 7) is 0.328. The van der Waals surface area contributed by atoms with E-state index >= 15 is 0 Å². The molecule has 122 valence electrons. The van der Waals surface area contributed by atoms with E-state index in [-0.39, 0.29) is 13.2 Å². The van der Waals surface area contributed by atoms with Crippen LogP contribution in [0.3, 0.4) is 0 Å². The summed E-state index contributed by atoms with van der Waals surface area (Å²) in [5, 5.41) is 0.514. The lowest BCUT2D eigenvalue weighted by Crippen LogP contribution is -2.10. The second kappa shape index (κ2) is 7.66. The molecular formula is C18H14ClNO4. The summed E-state index contributed by atoms with van der Waals surface area (Å²) >= 11 is 5.96. The predicted octanol–water partition coefficient (Wildman–Crippen LogP) is 4.12. The molecule has 3 aromatic rings. The third-order valence-electron chi connectivity index (χ3n) is 3.09. The Bertz CT molecular complexity index is 839. The maximum Gasteiger partial charge on any atom is 0.331 e. The predicted molar refractivity (Wildman–Crippen MR) is 90.9 cm³/mol. The fraction of sp³-hybridized carbons (Fsp3) is 0.111. The van der Waals surface area contributed by atoms with E-state index in [9.17, 15) is 4.79 Å². The van der Waals surface area contributed by atoms with Crippen molar-refractivity contribution in [2.75, 3.05) is 13.2 Å². The molecule has 0 aliphatic rings. The van der Waals surface area contributed by atoms with Crippen molar-refractivity contribution in [3.8, 4) is 5.75 Å². The minimum absolute atomic E-state index is 0.113. The number of benzene rings is 2. The molecule has 0 bridgehead atoms. The molecule has 24 heavy (non-hydrogen) atoms. The molecule has 2 aromatic carbocycles. The van der Waals surface area contributed by atoms with Crippen molar-refractivity contribution in [2.24, 2.45) is 0 Å². The maximum absolute atomic E-state index is 11.6. The number of ether oxygens (including phenoxy) is 2. The first-order valence-corrected chi connectivity index (χ1v) is 7.68. The van der Waals surface area contributed by atoms with Gasteiger partial charge in [-0.15, -0.1) is 0 Å². The van der Waals surface area contributed by atoms with Crippen LogP contribution in [0.1, 0.15) is 5.89 Å². The molecule has 0 fully saturated rings. The Labute approximate surface area is 143 Å². The number of rotatable bonds is 6. The number of oxazole rings is 1. The molecule has 0 aliphatic carbocycles. The number of aromatic nitrogens is 1. The summed E-state index contributed by atoms with van der Waals surface area (Å²) in [6, 6.07) is 14.5. The summed E-state index contributed by atoms with van der Waals surface area (Å²) in [7, 11) is 0. The molecule has 0 saturated carbocycles. The molecule has 5 nitrogen and oxygen atoms in total. The summed E-state index contributed by atoms with van der Waals surface area (Å²) < 4.78 is 15.9. The first kappa shape index (κ1) is 16.1. The molecule has 0 amide bonds.